The van der Waals surface area contributed by atoms with Gasteiger partial charge < -0.3 is 29.1 Å². The Morgan fingerprint density at radius 1 is 1.03 bits per heavy atom. The van der Waals surface area contributed by atoms with Crippen molar-refractivity contribution in [3.8, 4) is 11.5 Å². The van der Waals surface area contributed by atoms with Gasteiger partial charge in [-0.2, -0.15) is 13.2 Å². The molecule has 1 saturated heterocycles. The SMILES string of the molecule is COc1cccc(OCCOC[C@@H](O)C[NH+]2CCN(c3cccc(C(F)(F)F)c3)CC2)c1. The third-order valence-electron chi connectivity index (χ3n) is 5.38. The summed E-state index contributed by atoms with van der Waals surface area (Å²) in [5.41, 5.74) is -0.0495. The number of anilines is 1. The first-order chi connectivity index (χ1) is 15.3. The van der Waals surface area contributed by atoms with E-state index in [0.717, 1.165) is 24.9 Å². The summed E-state index contributed by atoms with van der Waals surface area (Å²) in [7, 11) is 1.59. The molecule has 1 heterocycles. The Morgan fingerprint density at radius 2 is 1.75 bits per heavy atom. The Hall–Kier alpha value is -2.49. The topological polar surface area (TPSA) is 55.6 Å². The quantitative estimate of drug-likeness (QED) is 0.536. The fourth-order valence-corrected chi connectivity index (χ4v) is 3.69. The fourth-order valence-electron chi connectivity index (χ4n) is 3.69. The monoisotopic (exact) mass is 455 g/mol. The van der Waals surface area contributed by atoms with E-state index in [9.17, 15) is 18.3 Å². The van der Waals surface area contributed by atoms with E-state index in [1.807, 2.05) is 23.1 Å². The highest BCUT2D eigenvalue weighted by molar-refractivity contribution is 5.49. The first-order valence-corrected chi connectivity index (χ1v) is 10.6. The van der Waals surface area contributed by atoms with E-state index in [0.29, 0.717) is 44.3 Å². The van der Waals surface area contributed by atoms with E-state index >= 15 is 0 Å². The van der Waals surface area contributed by atoms with Crippen molar-refractivity contribution in [1.82, 2.24) is 0 Å². The largest absolute Gasteiger partial charge is 0.497 e. The first kappa shape index (κ1) is 24.2. The van der Waals surface area contributed by atoms with Crippen molar-refractivity contribution in [2.45, 2.75) is 12.3 Å². The van der Waals surface area contributed by atoms with Gasteiger partial charge in [-0.1, -0.05) is 12.1 Å². The van der Waals surface area contributed by atoms with Gasteiger partial charge in [-0.3, -0.25) is 0 Å². The van der Waals surface area contributed by atoms with Gasteiger partial charge in [-0.05, 0) is 30.3 Å². The van der Waals surface area contributed by atoms with E-state index < -0.39 is 17.8 Å². The van der Waals surface area contributed by atoms with Crippen LogP contribution in [-0.2, 0) is 10.9 Å². The number of rotatable bonds is 10. The molecule has 0 aliphatic carbocycles. The van der Waals surface area contributed by atoms with Crippen molar-refractivity contribution >= 4 is 5.69 Å². The third kappa shape index (κ3) is 7.29. The van der Waals surface area contributed by atoms with Crippen LogP contribution in [0, 0.1) is 0 Å². The summed E-state index contributed by atoms with van der Waals surface area (Å²) in [6.45, 7) is 4.22. The maximum absolute atomic E-state index is 12.9. The molecule has 1 atom stereocenters. The second-order valence-electron chi connectivity index (χ2n) is 7.75. The van der Waals surface area contributed by atoms with Crippen LogP contribution >= 0.6 is 0 Å². The van der Waals surface area contributed by atoms with Gasteiger partial charge in [0.2, 0.25) is 0 Å². The van der Waals surface area contributed by atoms with Gasteiger partial charge in [0.15, 0.2) is 0 Å². The smallest absolute Gasteiger partial charge is 0.416 e. The Bertz CT molecular complexity index is 842. The van der Waals surface area contributed by atoms with Crippen molar-refractivity contribution in [2.75, 3.05) is 64.6 Å². The highest BCUT2D eigenvalue weighted by atomic mass is 19.4. The zero-order chi connectivity index (χ0) is 23.0. The molecule has 6 nitrogen and oxygen atoms in total. The Morgan fingerprint density at radius 3 is 2.47 bits per heavy atom. The molecule has 2 N–H and O–H groups in total. The molecule has 0 spiro atoms. The second kappa shape index (κ2) is 11.4. The van der Waals surface area contributed by atoms with Gasteiger partial charge in [-0.15, -0.1) is 0 Å². The van der Waals surface area contributed by atoms with Crippen LogP contribution in [0.25, 0.3) is 0 Å². The number of quaternary nitrogens is 1. The van der Waals surface area contributed by atoms with Crippen LogP contribution < -0.4 is 19.3 Å². The summed E-state index contributed by atoms with van der Waals surface area (Å²) in [5, 5.41) is 10.3. The molecule has 2 aromatic carbocycles. The Labute approximate surface area is 186 Å². The molecule has 9 heteroatoms. The van der Waals surface area contributed by atoms with E-state index in [-0.39, 0.29) is 6.61 Å². The number of aliphatic hydroxyl groups is 1. The molecule has 1 aliphatic rings. The molecular formula is C23H30F3N2O4+. The Kier molecular flexibility index (Phi) is 8.60. The average molecular weight is 455 g/mol. The number of benzene rings is 2. The number of hydrogen-bond acceptors (Lipinski definition) is 5. The van der Waals surface area contributed by atoms with Crippen LogP contribution in [0.1, 0.15) is 5.56 Å². The zero-order valence-electron chi connectivity index (χ0n) is 18.1. The van der Waals surface area contributed by atoms with Gasteiger partial charge in [0.25, 0.3) is 0 Å². The first-order valence-electron chi connectivity index (χ1n) is 10.6. The summed E-state index contributed by atoms with van der Waals surface area (Å²) in [4.78, 5) is 3.16. The molecule has 1 aliphatic heterocycles. The summed E-state index contributed by atoms with van der Waals surface area (Å²) < 4.78 is 55.1. The summed E-state index contributed by atoms with van der Waals surface area (Å²) in [5.74, 6) is 1.41. The zero-order valence-corrected chi connectivity index (χ0v) is 18.1. The number of piperazine rings is 1. The van der Waals surface area contributed by atoms with E-state index in [1.54, 1.807) is 19.2 Å². The van der Waals surface area contributed by atoms with Crippen LogP contribution in [0.2, 0.25) is 0 Å². The number of hydrogen-bond donors (Lipinski definition) is 2. The van der Waals surface area contributed by atoms with Gasteiger partial charge in [0.05, 0.1) is 52.1 Å². The number of ether oxygens (including phenoxy) is 3. The molecule has 2 aromatic rings. The third-order valence-corrected chi connectivity index (χ3v) is 5.38. The molecule has 0 amide bonds. The molecule has 0 aromatic heterocycles. The summed E-state index contributed by atoms with van der Waals surface area (Å²) in [6.07, 6.45) is -4.95. The molecule has 3 rings (SSSR count). The molecule has 0 bridgehead atoms. The molecular weight excluding hydrogens is 425 g/mol. The lowest BCUT2D eigenvalue weighted by Gasteiger charge is -2.34. The van der Waals surface area contributed by atoms with Gasteiger partial charge in [-0.25, -0.2) is 0 Å². The van der Waals surface area contributed by atoms with Crippen LogP contribution in [0.3, 0.4) is 0 Å². The van der Waals surface area contributed by atoms with Crippen LogP contribution in [0.4, 0.5) is 18.9 Å². The molecule has 0 radical (unpaired) electrons. The molecule has 32 heavy (non-hydrogen) atoms. The van der Waals surface area contributed by atoms with Crippen molar-refractivity contribution in [2.24, 2.45) is 0 Å². The fraction of sp³-hybridized carbons (Fsp3) is 0.478. The molecule has 0 saturated carbocycles. The van der Waals surface area contributed by atoms with Crippen molar-refractivity contribution < 1.29 is 37.4 Å². The second-order valence-corrected chi connectivity index (χ2v) is 7.75. The normalized spacial score (nSPS) is 16.1. The number of aliphatic hydroxyl groups excluding tert-OH is 1. The maximum atomic E-state index is 12.9. The lowest BCUT2D eigenvalue weighted by molar-refractivity contribution is -0.903. The standard InChI is InChI=1S/C23H29F3N2O4/c1-30-21-6-3-7-22(15-21)32-13-12-31-17-20(29)16-27-8-10-28(11-9-27)19-5-2-4-18(14-19)23(24,25)26/h2-7,14-15,20,29H,8-13,16-17H2,1H3/p+1/t20-/m0/s1. The van der Waals surface area contributed by atoms with E-state index in [1.165, 1.54) is 17.0 Å². The van der Waals surface area contributed by atoms with E-state index in [4.69, 9.17) is 14.2 Å². The Balaban J connectivity index is 1.33. The minimum absolute atomic E-state index is 0.211. The van der Waals surface area contributed by atoms with Gasteiger partial charge >= 0.3 is 6.18 Å². The number of nitrogens with one attached hydrogen (secondary N) is 1. The average Bonchev–Trinajstić information content (AvgIpc) is 2.79. The maximum Gasteiger partial charge on any atom is 0.416 e. The summed E-state index contributed by atoms with van der Waals surface area (Å²) in [6, 6.07) is 12.7. The van der Waals surface area contributed by atoms with Crippen LogP contribution in [-0.4, -0.2) is 70.9 Å². The molecule has 176 valence electrons. The molecule has 0 unspecified atom stereocenters. The van der Waals surface area contributed by atoms with E-state index in [2.05, 4.69) is 0 Å². The highest BCUT2D eigenvalue weighted by Gasteiger charge is 2.31. The number of nitrogens with zero attached hydrogens (tertiary/aromatic N) is 1. The van der Waals surface area contributed by atoms with Crippen molar-refractivity contribution in [3.05, 3.63) is 54.1 Å². The highest BCUT2D eigenvalue weighted by Crippen LogP contribution is 2.31. The predicted octanol–water partition coefficient (Wildman–Crippen LogP) is 1.88. The molecule has 1 fully saturated rings. The van der Waals surface area contributed by atoms with Crippen molar-refractivity contribution in [3.63, 3.8) is 0 Å². The van der Waals surface area contributed by atoms with Gasteiger partial charge in [0.1, 0.15) is 30.8 Å². The minimum atomic E-state index is -4.34. The van der Waals surface area contributed by atoms with Crippen LogP contribution in [0.15, 0.2) is 48.5 Å². The predicted molar refractivity (Wildman–Crippen MR) is 115 cm³/mol. The van der Waals surface area contributed by atoms with Gasteiger partial charge in [0, 0.05) is 11.8 Å². The number of methoxy groups -OCH3 is 1. The minimum Gasteiger partial charge on any atom is -0.497 e. The summed E-state index contributed by atoms with van der Waals surface area (Å²) >= 11 is 0. The lowest BCUT2D eigenvalue weighted by atomic mass is 10.1. The van der Waals surface area contributed by atoms with Crippen LogP contribution in [0.5, 0.6) is 11.5 Å². The van der Waals surface area contributed by atoms with Crippen molar-refractivity contribution in [1.29, 1.82) is 0 Å². The lowest BCUT2D eigenvalue weighted by Crippen LogP contribution is -3.16. The number of halogens is 3. The number of alkyl halides is 3.